The van der Waals surface area contributed by atoms with Crippen molar-refractivity contribution >= 4 is 17.4 Å². The summed E-state index contributed by atoms with van der Waals surface area (Å²) in [5.41, 5.74) is 3.37. The number of nitrogens with zero attached hydrogens (tertiary/aromatic N) is 5. The Balaban J connectivity index is 1.81. The number of carbonyl (C=O) groups excluding carboxylic acids is 1. The van der Waals surface area contributed by atoms with Crippen LogP contribution in [0.2, 0.25) is 0 Å². The zero-order valence-electron chi connectivity index (χ0n) is 14.4. The summed E-state index contributed by atoms with van der Waals surface area (Å²) in [6.07, 6.45) is 1.54. The van der Waals surface area contributed by atoms with E-state index in [1.165, 1.54) is 9.42 Å². The second-order valence-electron chi connectivity index (χ2n) is 6.45. The van der Waals surface area contributed by atoms with Gasteiger partial charge in [0, 0.05) is 17.9 Å². The van der Waals surface area contributed by atoms with Gasteiger partial charge < -0.3 is 4.90 Å². The summed E-state index contributed by atoms with van der Waals surface area (Å²) in [7, 11) is 0. The van der Waals surface area contributed by atoms with Gasteiger partial charge in [-0.2, -0.15) is 4.98 Å². The maximum absolute atomic E-state index is 14.7. The van der Waals surface area contributed by atoms with Gasteiger partial charge in [0.25, 0.3) is 11.7 Å². The predicted octanol–water partition coefficient (Wildman–Crippen LogP) is 2.78. The van der Waals surface area contributed by atoms with Gasteiger partial charge in [0.1, 0.15) is 5.82 Å². The molecule has 0 spiro atoms. The van der Waals surface area contributed by atoms with E-state index in [2.05, 4.69) is 15.1 Å². The van der Waals surface area contributed by atoms with Crippen molar-refractivity contribution in [3.8, 4) is 0 Å². The van der Waals surface area contributed by atoms with Crippen molar-refractivity contribution in [3.05, 3.63) is 52.4 Å². The van der Waals surface area contributed by atoms with Crippen LogP contribution in [0, 0.1) is 26.6 Å². The Morgan fingerprint density at radius 1 is 1.20 bits per heavy atom. The van der Waals surface area contributed by atoms with Gasteiger partial charge >= 0.3 is 0 Å². The molecule has 6 nitrogen and oxygen atoms in total. The first-order valence-corrected chi connectivity index (χ1v) is 8.26. The SMILES string of the molecule is Cc1cc(C)n2nc(C(=O)N3CCCc4ccc(C)c(F)c43)nc2n1. The molecule has 25 heavy (non-hydrogen) atoms. The lowest BCUT2D eigenvalue weighted by molar-refractivity contribution is 0.0974. The lowest BCUT2D eigenvalue weighted by atomic mass is 9.99. The summed E-state index contributed by atoms with van der Waals surface area (Å²) < 4.78 is 16.2. The Kier molecular flexibility index (Phi) is 3.52. The number of hydrogen-bond donors (Lipinski definition) is 0. The minimum Gasteiger partial charge on any atom is -0.302 e. The van der Waals surface area contributed by atoms with Gasteiger partial charge in [0.15, 0.2) is 0 Å². The van der Waals surface area contributed by atoms with Gasteiger partial charge in [-0.3, -0.25) is 4.79 Å². The number of fused-ring (bicyclic) bond motifs is 2. The lowest BCUT2D eigenvalue weighted by Gasteiger charge is -2.29. The van der Waals surface area contributed by atoms with Crippen molar-refractivity contribution in [2.45, 2.75) is 33.6 Å². The van der Waals surface area contributed by atoms with Gasteiger partial charge in [0.2, 0.25) is 5.82 Å². The molecule has 128 valence electrons. The van der Waals surface area contributed by atoms with Crippen molar-refractivity contribution in [3.63, 3.8) is 0 Å². The smallest absolute Gasteiger partial charge is 0.298 e. The highest BCUT2D eigenvalue weighted by atomic mass is 19.1. The number of aromatic nitrogens is 4. The minimum absolute atomic E-state index is 0.0370. The first-order chi connectivity index (χ1) is 12.0. The van der Waals surface area contributed by atoms with Crippen LogP contribution in [-0.2, 0) is 6.42 Å². The van der Waals surface area contributed by atoms with Gasteiger partial charge in [-0.25, -0.2) is 13.9 Å². The second-order valence-corrected chi connectivity index (χ2v) is 6.45. The fourth-order valence-corrected chi connectivity index (χ4v) is 3.32. The van der Waals surface area contributed by atoms with Crippen LogP contribution in [0.1, 0.15) is 39.6 Å². The molecule has 3 aromatic rings. The average Bonchev–Trinajstić information content (AvgIpc) is 3.01. The summed E-state index contributed by atoms with van der Waals surface area (Å²) in [6, 6.07) is 5.51. The summed E-state index contributed by atoms with van der Waals surface area (Å²) in [6.45, 7) is 5.89. The molecule has 4 rings (SSSR count). The van der Waals surface area contributed by atoms with Crippen LogP contribution in [0.25, 0.3) is 5.78 Å². The monoisotopic (exact) mass is 339 g/mol. The van der Waals surface area contributed by atoms with Crippen LogP contribution in [0.15, 0.2) is 18.2 Å². The molecule has 7 heteroatoms. The van der Waals surface area contributed by atoms with E-state index in [0.717, 1.165) is 29.8 Å². The first kappa shape index (κ1) is 15.7. The molecule has 0 saturated carbocycles. The van der Waals surface area contributed by atoms with Crippen LogP contribution in [-0.4, -0.2) is 32.0 Å². The zero-order valence-corrected chi connectivity index (χ0v) is 14.4. The Labute approximate surface area is 144 Å². The molecule has 0 fully saturated rings. The van der Waals surface area contributed by atoms with E-state index in [1.54, 1.807) is 13.0 Å². The third kappa shape index (κ3) is 2.47. The van der Waals surface area contributed by atoms with Gasteiger partial charge in [-0.1, -0.05) is 12.1 Å². The summed E-state index contributed by atoms with van der Waals surface area (Å²) in [4.78, 5) is 23.0. The van der Waals surface area contributed by atoms with Crippen LogP contribution < -0.4 is 4.90 Å². The molecule has 1 aromatic carbocycles. The highest BCUT2D eigenvalue weighted by Gasteiger charge is 2.30. The van der Waals surface area contributed by atoms with Gasteiger partial charge in [0.05, 0.1) is 5.69 Å². The third-order valence-electron chi connectivity index (χ3n) is 4.55. The molecule has 0 bridgehead atoms. The molecule has 2 aromatic heterocycles. The van der Waals surface area contributed by atoms with Crippen molar-refractivity contribution in [1.29, 1.82) is 0 Å². The van der Waals surface area contributed by atoms with Crippen LogP contribution >= 0.6 is 0 Å². The molecular weight excluding hydrogens is 321 g/mol. The third-order valence-corrected chi connectivity index (χ3v) is 4.55. The number of anilines is 1. The fourth-order valence-electron chi connectivity index (χ4n) is 3.32. The maximum atomic E-state index is 14.7. The number of halogens is 1. The van der Waals surface area contributed by atoms with Crippen LogP contribution in [0.3, 0.4) is 0 Å². The highest BCUT2D eigenvalue weighted by molar-refractivity contribution is 6.04. The number of carbonyl (C=O) groups is 1. The molecule has 1 amide bonds. The quantitative estimate of drug-likeness (QED) is 0.684. The van der Waals surface area contributed by atoms with Crippen molar-refractivity contribution in [2.75, 3.05) is 11.4 Å². The van der Waals surface area contributed by atoms with E-state index in [0.29, 0.717) is 23.6 Å². The van der Waals surface area contributed by atoms with E-state index in [-0.39, 0.29) is 11.6 Å². The lowest BCUT2D eigenvalue weighted by Crippen LogP contribution is -2.37. The fraction of sp³-hybridized carbons (Fsp3) is 0.333. The Bertz CT molecular complexity index is 1010. The molecule has 0 aliphatic carbocycles. The zero-order chi connectivity index (χ0) is 17.7. The van der Waals surface area contributed by atoms with Crippen molar-refractivity contribution in [2.24, 2.45) is 0 Å². The number of amides is 1. The largest absolute Gasteiger partial charge is 0.302 e. The predicted molar refractivity (Wildman–Crippen MR) is 91.4 cm³/mol. The highest BCUT2D eigenvalue weighted by Crippen LogP contribution is 2.32. The van der Waals surface area contributed by atoms with Gasteiger partial charge in [-0.15, -0.1) is 5.10 Å². The molecule has 0 atom stereocenters. The summed E-state index contributed by atoms with van der Waals surface area (Å²) in [5, 5.41) is 4.28. The molecule has 0 N–H and O–H groups in total. The van der Waals surface area contributed by atoms with E-state index in [9.17, 15) is 9.18 Å². The first-order valence-electron chi connectivity index (χ1n) is 8.26. The molecular formula is C18H18FN5O. The minimum atomic E-state index is -0.395. The summed E-state index contributed by atoms with van der Waals surface area (Å²) in [5.74, 6) is -0.328. The van der Waals surface area contributed by atoms with Crippen molar-refractivity contribution in [1.82, 2.24) is 19.6 Å². The van der Waals surface area contributed by atoms with Crippen LogP contribution in [0.5, 0.6) is 0 Å². The number of benzene rings is 1. The Morgan fingerprint density at radius 2 is 2.00 bits per heavy atom. The molecule has 1 aliphatic rings. The number of rotatable bonds is 1. The van der Waals surface area contributed by atoms with Crippen molar-refractivity contribution < 1.29 is 9.18 Å². The molecule has 3 heterocycles. The maximum Gasteiger partial charge on any atom is 0.298 e. The molecule has 0 saturated heterocycles. The number of aryl methyl sites for hydroxylation is 4. The van der Waals surface area contributed by atoms with E-state index < -0.39 is 5.91 Å². The average molecular weight is 339 g/mol. The van der Waals surface area contributed by atoms with Crippen LogP contribution in [0.4, 0.5) is 10.1 Å². The Morgan fingerprint density at radius 3 is 2.80 bits per heavy atom. The van der Waals surface area contributed by atoms with Gasteiger partial charge in [-0.05, 0) is 50.8 Å². The van der Waals surface area contributed by atoms with E-state index >= 15 is 0 Å². The number of hydrogen-bond acceptors (Lipinski definition) is 4. The molecule has 1 aliphatic heterocycles. The standard InChI is InChI=1S/C18H18FN5O/c1-10-6-7-13-5-4-8-23(15(13)14(10)19)17(25)16-21-18-20-11(2)9-12(3)24(18)22-16/h6-7,9H,4-5,8H2,1-3H3. The van der Waals surface area contributed by atoms with E-state index in [4.69, 9.17) is 0 Å². The Hall–Kier alpha value is -2.83. The normalized spacial score (nSPS) is 14.0. The topological polar surface area (TPSA) is 63.4 Å². The molecule has 0 unspecified atom stereocenters. The molecule has 0 radical (unpaired) electrons. The van der Waals surface area contributed by atoms with E-state index in [1.807, 2.05) is 26.0 Å². The second kappa shape index (κ2) is 5.61. The summed E-state index contributed by atoms with van der Waals surface area (Å²) >= 11 is 0.